The van der Waals surface area contributed by atoms with Crippen LogP contribution < -0.4 is 20.1 Å². The highest BCUT2D eigenvalue weighted by Gasteiger charge is 2.44. The maximum atomic E-state index is 5.55. The Kier molecular flexibility index (Phi) is 5.65. The zero-order chi connectivity index (χ0) is 20.3. The largest absolute Gasteiger partial charge is 0.454 e. The van der Waals surface area contributed by atoms with Crippen LogP contribution in [-0.2, 0) is 12.0 Å². The predicted octanol–water partition coefficient (Wildman–Crippen LogP) is 2.91. The Morgan fingerprint density at radius 3 is 2.72 bits per heavy atom. The summed E-state index contributed by atoms with van der Waals surface area (Å²) in [7, 11) is 0. The zero-order valence-electron chi connectivity index (χ0n) is 17.6. The third-order valence-corrected chi connectivity index (χ3v) is 5.67. The van der Waals surface area contributed by atoms with Gasteiger partial charge in [-0.15, -0.1) is 0 Å². The number of aryl methyl sites for hydroxylation is 3. The molecule has 0 radical (unpaired) electrons. The summed E-state index contributed by atoms with van der Waals surface area (Å²) in [4.78, 5) is 4.88. The quantitative estimate of drug-likeness (QED) is 0.407. The third-order valence-electron chi connectivity index (χ3n) is 5.67. The van der Waals surface area contributed by atoms with Crippen molar-refractivity contribution >= 4 is 5.96 Å². The van der Waals surface area contributed by atoms with E-state index in [4.69, 9.17) is 14.5 Å². The number of rotatable bonds is 8. The lowest BCUT2D eigenvalue weighted by Crippen LogP contribution is -2.38. The van der Waals surface area contributed by atoms with E-state index in [9.17, 15) is 0 Å². The molecule has 0 atom stereocenters. The summed E-state index contributed by atoms with van der Waals surface area (Å²) in [6, 6.07) is 8.42. The number of nitrogens with zero attached hydrogens (tertiary/aromatic N) is 3. The van der Waals surface area contributed by atoms with E-state index in [0.29, 0.717) is 6.79 Å². The first-order chi connectivity index (χ1) is 14.1. The molecule has 2 aliphatic rings. The van der Waals surface area contributed by atoms with Gasteiger partial charge in [-0.1, -0.05) is 6.07 Å². The highest BCUT2D eigenvalue weighted by Crippen LogP contribution is 2.50. The fraction of sp³-hybridized carbons (Fsp3) is 0.545. The maximum Gasteiger partial charge on any atom is 0.231 e. The summed E-state index contributed by atoms with van der Waals surface area (Å²) in [5.74, 6) is 2.57. The summed E-state index contributed by atoms with van der Waals surface area (Å²) < 4.78 is 13.1. The summed E-state index contributed by atoms with van der Waals surface area (Å²) in [5.41, 5.74) is 3.71. The van der Waals surface area contributed by atoms with Crippen molar-refractivity contribution in [2.45, 2.75) is 52.0 Å². The highest BCUT2D eigenvalue weighted by molar-refractivity contribution is 5.79. The molecular formula is C22H31N5O2. The highest BCUT2D eigenvalue weighted by atomic mass is 16.7. The van der Waals surface area contributed by atoms with Gasteiger partial charge >= 0.3 is 0 Å². The maximum absolute atomic E-state index is 5.55. The van der Waals surface area contributed by atoms with Gasteiger partial charge in [-0.05, 0) is 63.8 Å². The molecule has 29 heavy (non-hydrogen) atoms. The number of aliphatic imine (C=N–C) groups is 1. The van der Waals surface area contributed by atoms with Crippen molar-refractivity contribution in [3.05, 3.63) is 41.2 Å². The number of hydrogen-bond donors (Lipinski definition) is 2. The van der Waals surface area contributed by atoms with Crippen LogP contribution in [0.3, 0.4) is 0 Å². The molecule has 1 fully saturated rings. The normalized spacial score (nSPS) is 16.7. The monoisotopic (exact) mass is 397 g/mol. The van der Waals surface area contributed by atoms with Gasteiger partial charge in [0.1, 0.15) is 0 Å². The van der Waals surface area contributed by atoms with Gasteiger partial charge < -0.3 is 20.1 Å². The van der Waals surface area contributed by atoms with Crippen LogP contribution in [-0.4, -0.2) is 42.2 Å². The van der Waals surface area contributed by atoms with E-state index in [-0.39, 0.29) is 5.41 Å². The van der Waals surface area contributed by atoms with Crippen LogP contribution in [0.15, 0.2) is 29.3 Å². The molecule has 0 bridgehead atoms. The van der Waals surface area contributed by atoms with E-state index >= 15 is 0 Å². The van der Waals surface area contributed by atoms with E-state index in [2.05, 4.69) is 52.5 Å². The molecule has 2 heterocycles. The van der Waals surface area contributed by atoms with Crippen LogP contribution in [0.4, 0.5) is 0 Å². The average molecular weight is 398 g/mol. The number of aromatic nitrogens is 2. The summed E-state index contributed by atoms with van der Waals surface area (Å²) in [6.45, 7) is 9.94. The second-order valence-electron chi connectivity index (χ2n) is 7.97. The fourth-order valence-corrected chi connectivity index (χ4v) is 3.82. The van der Waals surface area contributed by atoms with Crippen LogP contribution in [0.25, 0.3) is 0 Å². The summed E-state index contributed by atoms with van der Waals surface area (Å²) in [6.07, 6.45) is 3.32. The molecule has 0 spiro atoms. The Labute approximate surface area is 172 Å². The number of fused-ring (bicyclic) bond motifs is 1. The van der Waals surface area contributed by atoms with Crippen molar-refractivity contribution in [1.82, 2.24) is 20.4 Å². The SMILES string of the molecule is CCNC(=NCC1(c2ccc3c(c2)OCO3)CC1)NCCCn1nc(C)cc1C. The molecule has 7 nitrogen and oxygen atoms in total. The van der Waals surface area contributed by atoms with Gasteiger partial charge in [0.25, 0.3) is 0 Å². The van der Waals surface area contributed by atoms with E-state index in [1.807, 2.05) is 13.0 Å². The molecule has 4 rings (SSSR count). The van der Waals surface area contributed by atoms with Crippen LogP contribution in [0.1, 0.15) is 43.1 Å². The van der Waals surface area contributed by atoms with Gasteiger partial charge in [0, 0.05) is 30.7 Å². The van der Waals surface area contributed by atoms with Crippen molar-refractivity contribution < 1.29 is 9.47 Å². The summed E-state index contributed by atoms with van der Waals surface area (Å²) >= 11 is 0. The molecule has 0 unspecified atom stereocenters. The number of benzene rings is 1. The summed E-state index contributed by atoms with van der Waals surface area (Å²) in [5, 5.41) is 11.3. The minimum Gasteiger partial charge on any atom is -0.454 e. The first kappa shape index (κ1) is 19.6. The average Bonchev–Trinajstić information content (AvgIpc) is 3.23. The van der Waals surface area contributed by atoms with Crippen molar-refractivity contribution in [2.75, 3.05) is 26.4 Å². The zero-order valence-corrected chi connectivity index (χ0v) is 17.6. The Balaban J connectivity index is 1.32. The van der Waals surface area contributed by atoms with Crippen LogP contribution in [0.5, 0.6) is 11.5 Å². The van der Waals surface area contributed by atoms with Gasteiger partial charge in [0.15, 0.2) is 17.5 Å². The minimum absolute atomic E-state index is 0.132. The molecule has 7 heteroatoms. The molecule has 1 aliphatic carbocycles. The molecule has 1 aliphatic heterocycles. The topological polar surface area (TPSA) is 72.7 Å². The van der Waals surface area contributed by atoms with Gasteiger partial charge in [0.05, 0.1) is 12.2 Å². The van der Waals surface area contributed by atoms with E-state index in [1.54, 1.807) is 0 Å². The van der Waals surface area contributed by atoms with Crippen molar-refractivity contribution in [1.29, 1.82) is 0 Å². The molecule has 1 saturated carbocycles. The molecular weight excluding hydrogens is 366 g/mol. The number of nitrogens with one attached hydrogen (secondary N) is 2. The molecule has 0 saturated heterocycles. The molecule has 1 aromatic heterocycles. The van der Waals surface area contributed by atoms with Gasteiger partial charge in [-0.3, -0.25) is 9.67 Å². The predicted molar refractivity (Wildman–Crippen MR) is 114 cm³/mol. The first-order valence-corrected chi connectivity index (χ1v) is 10.5. The Hall–Kier alpha value is -2.70. The molecule has 0 amide bonds. The number of guanidine groups is 1. The lowest BCUT2D eigenvalue weighted by Gasteiger charge is -2.16. The number of hydrogen-bond acceptors (Lipinski definition) is 4. The lowest BCUT2D eigenvalue weighted by molar-refractivity contribution is 0.174. The van der Waals surface area contributed by atoms with Gasteiger partial charge in [-0.25, -0.2) is 0 Å². The minimum atomic E-state index is 0.132. The van der Waals surface area contributed by atoms with Crippen LogP contribution >= 0.6 is 0 Å². The van der Waals surface area contributed by atoms with Crippen molar-refractivity contribution in [2.24, 2.45) is 4.99 Å². The third kappa shape index (κ3) is 4.49. The van der Waals surface area contributed by atoms with Crippen molar-refractivity contribution in [3.63, 3.8) is 0 Å². The standard InChI is InChI=1S/C22H31N5O2/c1-4-23-21(24-10-5-11-27-17(3)12-16(2)26-27)25-14-22(8-9-22)18-6-7-19-20(13-18)29-15-28-19/h6-7,12-13H,4-5,8-11,14-15H2,1-3H3,(H2,23,24,25). The van der Waals surface area contributed by atoms with Crippen LogP contribution in [0, 0.1) is 13.8 Å². The van der Waals surface area contributed by atoms with E-state index < -0.39 is 0 Å². The number of ether oxygens (including phenoxy) is 2. The van der Waals surface area contributed by atoms with Crippen LogP contribution in [0.2, 0.25) is 0 Å². The van der Waals surface area contributed by atoms with Crippen molar-refractivity contribution in [3.8, 4) is 11.5 Å². The fourth-order valence-electron chi connectivity index (χ4n) is 3.82. The van der Waals surface area contributed by atoms with Gasteiger partial charge in [-0.2, -0.15) is 5.10 Å². The second kappa shape index (κ2) is 8.35. The lowest BCUT2D eigenvalue weighted by atomic mass is 9.96. The van der Waals surface area contributed by atoms with E-state index in [1.165, 1.54) is 11.3 Å². The Morgan fingerprint density at radius 1 is 1.17 bits per heavy atom. The Morgan fingerprint density at radius 2 is 2.00 bits per heavy atom. The first-order valence-electron chi connectivity index (χ1n) is 10.5. The molecule has 156 valence electrons. The van der Waals surface area contributed by atoms with E-state index in [0.717, 1.165) is 68.6 Å². The molecule has 2 N–H and O–H groups in total. The smallest absolute Gasteiger partial charge is 0.231 e. The molecule has 2 aromatic rings. The second-order valence-corrected chi connectivity index (χ2v) is 7.97. The Bertz CT molecular complexity index is 885. The van der Waals surface area contributed by atoms with Gasteiger partial charge in [0.2, 0.25) is 6.79 Å². The molecule has 1 aromatic carbocycles.